The number of nitrogens with two attached hydrogens (primary N) is 2. The van der Waals surface area contributed by atoms with Crippen LogP contribution in [-0.4, -0.2) is 127 Å². The zero-order valence-corrected chi connectivity index (χ0v) is 40.6. The van der Waals surface area contributed by atoms with Crippen molar-refractivity contribution < 1.29 is 55.0 Å². The van der Waals surface area contributed by atoms with Gasteiger partial charge in [-0.1, -0.05) is 34.3 Å². The molecule has 0 bridgehead atoms. The predicted octanol–water partition coefficient (Wildman–Crippen LogP) is 3.00. The second-order valence-corrected chi connectivity index (χ2v) is 13.5. The smallest absolute Gasteiger partial charge is 0.400 e. The molecule has 2 aromatic rings. The number of carbonyl (C=O) groups excluding carboxylic acids is 3. The van der Waals surface area contributed by atoms with Gasteiger partial charge < -0.3 is 44.9 Å². The van der Waals surface area contributed by atoms with Gasteiger partial charge in [-0.15, -0.1) is 0 Å². The van der Waals surface area contributed by atoms with Crippen molar-refractivity contribution in [2.75, 3.05) is 74.6 Å². The number of Topliss-reactive ketones (excluding diaryl/α,β-unsaturated/α-hetero) is 1. The van der Waals surface area contributed by atoms with Crippen molar-refractivity contribution >= 4 is 109 Å². The van der Waals surface area contributed by atoms with E-state index in [1.807, 2.05) is 41.5 Å². The number of anilines is 5. The molecule has 0 aliphatic heterocycles. The number of halogens is 3. The number of ketones is 1. The third kappa shape index (κ3) is 43.7. The highest BCUT2D eigenvalue weighted by Crippen LogP contribution is 2.11. The molecule has 59 heavy (non-hydrogen) atoms. The van der Waals surface area contributed by atoms with Gasteiger partial charge in [-0.3, -0.25) is 37.1 Å². The van der Waals surface area contributed by atoms with E-state index in [2.05, 4.69) is 52.0 Å². The van der Waals surface area contributed by atoms with Crippen molar-refractivity contribution in [2.24, 2.45) is 11.8 Å². The SMILES string of the molecule is C=C(C)C(=O)Cl.CC(C)C(=O)Cl.CCO[Si](OCC)(OCC)OCC.CNc1nc(CC(=O)C(C)C)nc(NC)n1.CO.Nc1nc(N)nc(NCl)n1.O=[Si]=O.O=[Si]=O. The minimum Gasteiger partial charge on any atom is -0.400 e. The molecule has 0 unspecified atom stereocenters. The largest absolute Gasteiger partial charge is 0.679 e. The van der Waals surface area contributed by atoms with Gasteiger partial charge in [0, 0.05) is 76.8 Å². The molecule has 2 heterocycles. The Labute approximate surface area is 365 Å². The number of nitrogens with one attached hydrogen (secondary N) is 3. The molecule has 0 amide bonds. The lowest BCUT2D eigenvalue weighted by atomic mass is 10.1. The van der Waals surface area contributed by atoms with E-state index in [4.69, 9.17) is 87.1 Å². The first-order chi connectivity index (χ1) is 27.6. The standard InChI is InChI=1S/C10H17N5O.C8H20O4Si.C4H7ClO.C4H5ClO.C3H5ClN6.CH4O.2O2Si/c1-6(2)7(16)5-8-13-9(11-3)15-10(12-4)14-8;1-5-9-13(10-6-2,11-7-3)12-8-4;2*1-3(2)4(5)6;4-10-3-8-1(5)7-2(6)9-3;1-2;2*1-3-2/h6H,5H2,1-4H3,(H2,11,12,13,14,15);5-8H2,1-4H3;3H,1-2H3;1H2,2H3;(H5,5,6,7,8,9,10);2H,1H3;;. The summed E-state index contributed by atoms with van der Waals surface area (Å²) in [5.74, 6) is 1.73. The average Bonchev–Trinajstić information content (AvgIpc) is 3.17. The summed E-state index contributed by atoms with van der Waals surface area (Å²) in [5.41, 5.74) is 10.8. The van der Waals surface area contributed by atoms with E-state index in [0.29, 0.717) is 49.7 Å². The zero-order valence-electron chi connectivity index (χ0n) is 35.3. The van der Waals surface area contributed by atoms with Crippen molar-refractivity contribution in [1.82, 2.24) is 29.9 Å². The predicted molar refractivity (Wildman–Crippen MR) is 227 cm³/mol. The third-order valence-corrected chi connectivity index (χ3v) is 8.43. The molecule has 0 aliphatic carbocycles. The van der Waals surface area contributed by atoms with Crippen LogP contribution < -0.4 is 26.9 Å². The van der Waals surface area contributed by atoms with Crippen molar-refractivity contribution in [2.45, 2.75) is 68.7 Å². The van der Waals surface area contributed by atoms with Crippen LogP contribution in [0.25, 0.3) is 0 Å². The Balaban J connectivity index is -0.000000148. The lowest BCUT2D eigenvalue weighted by Crippen LogP contribution is -2.49. The molecule has 0 saturated carbocycles. The quantitative estimate of drug-likeness (QED) is 0.0609. The Morgan fingerprint density at radius 3 is 1.22 bits per heavy atom. The second kappa shape index (κ2) is 45.4. The van der Waals surface area contributed by atoms with Crippen LogP contribution in [0.2, 0.25) is 0 Å². The van der Waals surface area contributed by atoms with Gasteiger partial charge >= 0.3 is 27.6 Å². The molecule has 0 saturated heterocycles. The maximum atomic E-state index is 11.6. The Morgan fingerprint density at radius 2 is 1.02 bits per heavy atom. The van der Waals surface area contributed by atoms with Crippen LogP contribution in [0.15, 0.2) is 12.2 Å². The molecule has 0 radical (unpaired) electrons. The summed E-state index contributed by atoms with van der Waals surface area (Å²) in [6.07, 6.45) is 0.240. The van der Waals surface area contributed by atoms with Crippen LogP contribution in [0.1, 0.15) is 68.1 Å². The number of aromatic nitrogens is 6. The number of nitrogens with zero attached hydrogens (tertiary/aromatic N) is 6. The molecule has 0 fully saturated rings. The van der Waals surface area contributed by atoms with Crippen molar-refractivity contribution in [1.29, 1.82) is 0 Å². The van der Waals surface area contributed by atoms with Gasteiger partial charge in [-0.05, 0) is 57.8 Å². The molecule has 2 aromatic heterocycles. The van der Waals surface area contributed by atoms with E-state index in [1.165, 1.54) is 0 Å². The highest BCUT2D eigenvalue weighted by atomic mass is 35.5. The molecule has 0 atom stereocenters. The number of nitrogen functional groups attached to an aromatic ring is 2. The van der Waals surface area contributed by atoms with Gasteiger partial charge in [-0.25, -0.2) is 0 Å². The number of rotatable bonds is 16. The van der Waals surface area contributed by atoms with Gasteiger partial charge in [0.15, 0.2) is 0 Å². The summed E-state index contributed by atoms with van der Waals surface area (Å²) in [6, 6.07) is 0. The van der Waals surface area contributed by atoms with E-state index in [9.17, 15) is 14.4 Å². The highest BCUT2D eigenvalue weighted by molar-refractivity contribution is 6.67. The van der Waals surface area contributed by atoms with E-state index in [-0.39, 0.29) is 47.1 Å². The van der Waals surface area contributed by atoms with Gasteiger partial charge in [0.25, 0.3) is 0 Å². The van der Waals surface area contributed by atoms with E-state index < -0.39 is 32.9 Å². The topological polar surface area (TPSA) is 342 Å². The van der Waals surface area contributed by atoms with E-state index >= 15 is 0 Å². The van der Waals surface area contributed by atoms with Crippen molar-refractivity contribution in [3.05, 3.63) is 18.0 Å². The normalized spacial score (nSPS) is 9.12. The number of allylic oxidation sites excluding steroid dienone is 1. The summed E-state index contributed by atoms with van der Waals surface area (Å²) in [7, 11) is -1.18. The number of hydrogen-bond donors (Lipinski definition) is 6. The van der Waals surface area contributed by atoms with Crippen molar-refractivity contribution in [3.8, 4) is 0 Å². The van der Waals surface area contributed by atoms with Gasteiger partial charge in [-0.2, -0.15) is 29.9 Å². The van der Waals surface area contributed by atoms with E-state index in [0.717, 1.165) is 7.11 Å². The maximum Gasteiger partial charge on any atom is 0.679 e. The van der Waals surface area contributed by atoms with Gasteiger partial charge in [0.2, 0.25) is 40.2 Å². The Bertz CT molecular complexity index is 1420. The number of aliphatic hydroxyl groups excluding tert-OH is 1. The van der Waals surface area contributed by atoms with Crippen LogP contribution in [0.4, 0.5) is 29.7 Å². The van der Waals surface area contributed by atoms with Crippen LogP contribution in [0, 0.1) is 11.8 Å². The zero-order chi connectivity index (χ0) is 47.6. The molecular weight excluding hydrogens is 897 g/mol. The maximum absolute atomic E-state index is 11.6. The van der Waals surface area contributed by atoms with Crippen LogP contribution in [0.5, 0.6) is 0 Å². The average molecular weight is 955 g/mol. The first kappa shape index (κ1) is 67.1. The van der Waals surface area contributed by atoms with Crippen LogP contribution in [0.3, 0.4) is 0 Å². The summed E-state index contributed by atoms with van der Waals surface area (Å²) in [4.78, 5) is 56.5. The minimum atomic E-state index is -2.80. The van der Waals surface area contributed by atoms with Crippen LogP contribution in [-0.2, 0) is 56.4 Å². The molecular formula is C30H58Cl3N11O12Si3. The molecule has 23 nitrogen and oxygen atoms in total. The highest BCUT2D eigenvalue weighted by Gasteiger charge is 2.44. The van der Waals surface area contributed by atoms with Gasteiger partial charge in [0.1, 0.15) is 11.6 Å². The fourth-order valence-electron chi connectivity index (χ4n) is 2.49. The number of carbonyl (C=O) groups is 3. The summed E-state index contributed by atoms with van der Waals surface area (Å²) < 4.78 is 55.3. The first-order valence-electron chi connectivity index (χ1n) is 17.0. The van der Waals surface area contributed by atoms with Crippen molar-refractivity contribution in [3.63, 3.8) is 0 Å². The minimum absolute atomic E-state index is 0.00663. The number of aliphatic hydroxyl groups is 1. The van der Waals surface area contributed by atoms with Crippen LogP contribution >= 0.6 is 35.0 Å². The second-order valence-electron chi connectivity index (χ2n) is 10.1. The molecule has 338 valence electrons. The summed E-state index contributed by atoms with van der Waals surface area (Å²) >= 11 is 15.0. The Kier molecular flexibility index (Phi) is 51.6. The molecule has 2 rings (SSSR count). The Morgan fingerprint density at radius 1 is 0.712 bits per heavy atom. The first-order valence-corrected chi connectivity index (χ1v) is 21.4. The third-order valence-electron chi connectivity index (χ3n) is 4.93. The fraction of sp³-hybridized carbons (Fsp3) is 0.633. The Hall–Kier alpha value is -3.71. The molecule has 0 aliphatic rings. The lowest BCUT2D eigenvalue weighted by molar-refractivity contribution is -0.121. The lowest BCUT2D eigenvalue weighted by Gasteiger charge is -2.26. The molecule has 8 N–H and O–H groups in total. The summed E-state index contributed by atoms with van der Waals surface area (Å²) in [5, 5.41) is 11.9. The number of hydrogen-bond acceptors (Lipinski definition) is 23. The molecule has 29 heteroatoms. The van der Waals surface area contributed by atoms with E-state index in [1.54, 1.807) is 34.9 Å². The molecule has 0 aromatic carbocycles. The fourth-order valence-corrected chi connectivity index (χ4v) is 4.49. The van der Waals surface area contributed by atoms with Gasteiger partial charge in [0.05, 0.1) is 6.42 Å². The monoisotopic (exact) mass is 953 g/mol. The molecule has 0 spiro atoms. The summed E-state index contributed by atoms with van der Waals surface area (Å²) in [6.45, 7) is 21.9.